The molecule has 43 heavy (non-hydrogen) atoms. The Labute approximate surface area is 256 Å². The number of aromatic hydroxyl groups is 1. The van der Waals surface area contributed by atoms with E-state index in [9.17, 15) is 23.5 Å². The molecule has 1 aromatic heterocycles. The summed E-state index contributed by atoms with van der Waals surface area (Å²) in [5, 5.41) is 22.7. The Balaban J connectivity index is 0.000000283. The van der Waals surface area contributed by atoms with E-state index in [4.69, 9.17) is 10.1 Å². The van der Waals surface area contributed by atoms with Gasteiger partial charge in [0.05, 0.1) is 22.2 Å². The molecule has 3 aliphatic carbocycles. The van der Waals surface area contributed by atoms with E-state index in [0.717, 1.165) is 32.2 Å². The van der Waals surface area contributed by atoms with Crippen molar-refractivity contribution in [2.45, 2.75) is 57.6 Å². The van der Waals surface area contributed by atoms with Gasteiger partial charge >= 0.3 is 12.6 Å². The van der Waals surface area contributed by atoms with Crippen LogP contribution in [-0.2, 0) is 4.79 Å². The molecule has 1 heterocycles. The molecule has 3 saturated carbocycles. The number of pyridine rings is 1. The average molecular weight is 654 g/mol. The number of carbonyl (C=O) groups is 2. The summed E-state index contributed by atoms with van der Waals surface area (Å²) < 4.78 is 28.0. The van der Waals surface area contributed by atoms with Crippen LogP contribution >= 0.6 is 15.9 Å². The van der Waals surface area contributed by atoms with Crippen molar-refractivity contribution in [1.29, 1.82) is 0 Å². The maximum atomic E-state index is 13.8. The Morgan fingerprint density at radius 1 is 0.953 bits per heavy atom. The quantitative estimate of drug-likeness (QED) is 0.196. The highest BCUT2D eigenvalue weighted by Crippen LogP contribution is 2.52. The number of amides is 1. The lowest BCUT2D eigenvalue weighted by molar-refractivity contribution is -0.156. The number of nitrogens with zero attached hydrogens (tertiary/aromatic N) is 1. The van der Waals surface area contributed by atoms with E-state index in [1.54, 1.807) is 0 Å². The Kier molecular flexibility index (Phi) is 8.69. The standard InChI is InChI=1S/C26H25BrN2O3.C7H6F2O2/c1-16-21(23(30)29-26-12-9-25(10-13-26,11-14-26)24(31)32)19-15-18(27)7-8-20(19)28-22(16)17-5-3-2-4-6-17;8-7(9)11-6-4-2-1-3-5(6)10/h2-8,15H,9-14H2,1H3,(H,29,30)(H,31,32);1-4,7,10H. The third-order valence-electron chi connectivity index (χ3n) is 8.62. The van der Waals surface area contributed by atoms with Gasteiger partial charge < -0.3 is 20.3 Å². The number of nitrogens with one attached hydrogen (secondary N) is 1. The highest BCUT2D eigenvalue weighted by molar-refractivity contribution is 9.10. The Bertz CT molecular complexity index is 1640. The first-order chi connectivity index (χ1) is 20.5. The number of hydrogen-bond acceptors (Lipinski definition) is 5. The van der Waals surface area contributed by atoms with E-state index < -0.39 is 18.0 Å². The van der Waals surface area contributed by atoms with Crippen LogP contribution in [0.3, 0.4) is 0 Å². The summed E-state index contributed by atoms with van der Waals surface area (Å²) in [5.74, 6) is -1.28. The van der Waals surface area contributed by atoms with Gasteiger partial charge in [0, 0.05) is 21.0 Å². The van der Waals surface area contributed by atoms with Crippen LogP contribution in [0.15, 0.2) is 77.3 Å². The molecule has 3 N–H and O–H groups in total. The number of para-hydroxylation sites is 2. The lowest BCUT2D eigenvalue weighted by Gasteiger charge is -2.51. The van der Waals surface area contributed by atoms with Crippen LogP contribution in [0.2, 0.25) is 0 Å². The summed E-state index contributed by atoms with van der Waals surface area (Å²) in [7, 11) is 0. The van der Waals surface area contributed by atoms with Gasteiger partial charge in [-0.2, -0.15) is 8.78 Å². The van der Waals surface area contributed by atoms with Gasteiger partial charge in [0.15, 0.2) is 11.5 Å². The van der Waals surface area contributed by atoms with E-state index in [0.29, 0.717) is 44.1 Å². The minimum absolute atomic E-state index is 0.102. The van der Waals surface area contributed by atoms with E-state index in [-0.39, 0.29) is 22.9 Å². The van der Waals surface area contributed by atoms with Crippen molar-refractivity contribution in [2.24, 2.45) is 5.41 Å². The van der Waals surface area contributed by atoms with Gasteiger partial charge in [-0.1, -0.05) is 58.4 Å². The van der Waals surface area contributed by atoms with Gasteiger partial charge in [-0.3, -0.25) is 9.59 Å². The smallest absolute Gasteiger partial charge is 0.387 e. The minimum atomic E-state index is -2.90. The van der Waals surface area contributed by atoms with Crippen molar-refractivity contribution in [3.8, 4) is 22.8 Å². The molecule has 2 bridgehead atoms. The molecule has 0 atom stereocenters. The number of hydrogen-bond donors (Lipinski definition) is 3. The van der Waals surface area contributed by atoms with Crippen LogP contribution in [0.1, 0.15) is 54.4 Å². The number of benzene rings is 3. The second-order valence-corrected chi connectivity index (χ2v) is 12.1. The van der Waals surface area contributed by atoms with Crippen LogP contribution < -0.4 is 10.1 Å². The summed E-state index contributed by atoms with van der Waals surface area (Å²) >= 11 is 3.54. The summed E-state index contributed by atoms with van der Waals surface area (Å²) in [4.78, 5) is 30.4. The van der Waals surface area contributed by atoms with Crippen LogP contribution in [-0.4, -0.2) is 39.2 Å². The largest absolute Gasteiger partial charge is 0.504 e. The molecular weight excluding hydrogens is 622 g/mol. The topological polar surface area (TPSA) is 109 Å². The number of fused-ring (bicyclic) bond motifs is 4. The van der Waals surface area contributed by atoms with Gasteiger partial charge in [0.2, 0.25) is 0 Å². The van der Waals surface area contributed by atoms with Gasteiger partial charge in [-0.05, 0) is 81.3 Å². The molecular formula is C33H31BrF2N2O5. The highest BCUT2D eigenvalue weighted by atomic mass is 79.9. The fraction of sp³-hybridized carbons (Fsp3) is 0.303. The fourth-order valence-corrected chi connectivity index (χ4v) is 6.51. The molecule has 3 fully saturated rings. The number of alkyl halides is 2. The number of aromatic nitrogens is 1. The molecule has 0 aliphatic heterocycles. The maximum Gasteiger partial charge on any atom is 0.387 e. The minimum Gasteiger partial charge on any atom is -0.504 e. The zero-order chi connectivity index (χ0) is 30.8. The molecule has 0 radical (unpaired) electrons. The molecule has 0 saturated heterocycles. The highest BCUT2D eigenvalue weighted by Gasteiger charge is 2.53. The predicted octanol–water partition coefficient (Wildman–Crippen LogP) is 7.87. The van der Waals surface area contributed by atoms with E-state index in [1.165, 1.54) is 24.3 Å². The van der Waals surface area contributed by atoms with Crippen molar-refractivity contribution in [2.75, 3.05) is 0 Å². The first-order valence-electron chi connectivity index (χ1n) is 14.0. The molecule has 224 valence electrons. The lowest BCUT2D eigenvalue weighted by atomic mass is 9.57. The molecule has 1 amide bonds. The van der Waals surface area contributed by atoms with E-state index in [1.807, 2.05) is 55.5 Å². The van der Waals surface area contributed by atoms with Crippen LogP contribution in [0.25, 0.3) is 22.2 Å². The molecule has 7 rings (SSSR count). The first kappa shape index (κ1) is 30.4. The van der Waals surface area contributed by atoms with Crippen molar-refractivity contribution < 1.29 is 33.3 Å². The van der Waals surface area contributed by atoms with Crippen molar-refractivity contribution in [1.82, 2.24) is 10.3 Å². The third-order valence-corrected chi connectivity index (χ3v) is 9.12. The fourth-order valence-electron chi connectivity index (χ4n) is 6.15. The number of rotatable bonds is 6. The number of carboxylic acids is 1. The maximum absolute atomic E-state index is 13.8. The second-order valence-electron chi connectivity index (χ2n) is 11.2. The van der Waals surface area contributed by atoms with Gasteiger partial charge in [-0.15, -0.1) is 0 Å². The zero-order valence-electron chi connectivity index (χ0n) is 23.4. The molecule has 3 aromatic carbocycles. The van der Waals surface area contributed by atoms with Crippen LogP contribution in [0, 0.1) is 12.3 Å². The third kappa shape index (κ3) is 6.34. The van der Waals surface area contributed by atoms with Gasteiger partial charge in [0.1, 0.15) is 0 Å². The molecule has 0 spiro atoms. The Morgan fingerprint density at radius 2 is 1.58 bits per heavy atom. The SMILES string of the molecule is Cc1c(-c2ccccc2)nc2ccc(Br)cc2c1C(=O)NC12CCC(C(=O)O)(CC1)CC2.Oc1ccccc1OC(F)F. The molecule has 3 aliphatic rings. The van der Waals surface area contributed by atoms with Gasteiger partial charge in [0.25, 0.3) is 5.91 Å². The Hall–Kier alpha value is -4.05. The number of phenols is 1. The molecule has 10 heteroatoms. The average Bonchev–Trinajstić information content (AvgIpc) is 2.99. The summed E-state index contributed by atoms with van der Waals surface area (Å²) in [6, 6.07) is 21.3. The van der Waals surface area contributed by atoms with Crippen molar-refractivity contribution in [3.63, 3.8) is 0 Å². The van der Waals surface area contributed by atoms with E-state index in [2.05, 4.69) is 26.0 Å². The Morgan fingerprint density at radius 3 is 2.19 bits per heavy atom. The predicted molar refractivity (Wildman–Crippen MR) is 162 cm³/mol. The summed E-state index contributed by atoms with van der Waals surface area (Å²) in [5.41, 5.74) is 3.13. The molecule has 0 unspecified atom stereocenters. The van der Waals surface area contributed by atoms with E-state index >= 15 is 0 Å². The number of carboxylic acid groups (broad SMARTS) is 1. The first-order valence-corrected chi connectivity index (χ1v) is 14.8. The normalized spacial score (nSPS) is 20.8. The molecule has 7 nitrogen and oxygen atoms in total. The van der Waals surface area contributed by atoms with Crippen molar-refractivity contribution >= 4 is 38.7 Å². The summed E-state index contributed by atoms with van der Waals surface area (Å²) in [6.07, 6.45) is 4.01. The molecule has 4 aromatic rings. The number of carbonyl (C=O) groups excluding carboxylic acids is 1. The second kappa shape index (κ2) is 12.3. The number of halogens is 3. The number of phenolic OH excluding ortho intramolecular Hbond substituents is 1. The monoisotopic (exact) mass is 652 g/mol. The number of ether oxygens (including phenoxy) is 1. The lowest BCUT2D eigenvalue weighted by Crippen LogP contribution is -2.58. The van der Waals surface area contributed by atoms with Crippen LogP contribution in [0.4, 0.5) is 8.78 Å². The summed E-state index contributed by atoms with van der Waals surface area (Å²) in [6.45, 7) is -0.942. The zero-order valence-corrected chi connectivity index (χ0v) is 25.0. The van der Waals surface area contributed by atoms with Crippen LogP contribution in [0.5, 0.6) is 11.5 Å². The van der Waals surface area contributed by atoms with Crippen molar-refractivity contribution in [3.05, 3.63) is 88.4 Å². The number of aliphatic carboxylic acids is 1. The van der Waals surface area contributed by atoms with Gasteiger partial charge in [-0.25, -0.2) is 4.98 Å².